The van der Waals surface area contributed by atoms with E-state index in [1.165, 1.54) is 12.7 Å². The van der Waals surface area contributed by atoms with Crippen LogP contribution in [0.1, 0.15) is 52.9 Å². The summed E-state index contributed by atoms with van der Waals surface area (Å²) < 4.78 is 11.1. The van der Waals surface area contributed by atoms with Gasteiger partial charge in [0.25, 0.3) is 0 Å². The molecular weight excluding hydrogens is 564 g/mol. The number of nitrogens with one attached hydrogen (secondary N) is 1. The second kappa shape index (κ2) is 16.2. The molecule has 4 aromatic carbocycles. The number of hydrogen-bond acceptors (Lipinski definition) is 6. The normalized spacial score (nSPS) is 11.5. The van der Waals surface area contributed by atoms with Gasteiger partial charge in [0.2, 0.25) is 5.91 Å². The molecular formula is C38H42N2O5. The molecule has 0 spiro atoms. The molecule has 7 nitrogen and oxygen atoms in total. The van der Waals surface area contributed by atoms with Gasteiger partial charge in [0.15, 0.2) is 5.78 Å². The van der Waals surface area contributed by atoms with E-state index in [9.17, 15) is 14.4 Å². The van der Waals surface area contributed by atoms with E-state index in [0.29, 0.717) is 55.1 Å². The zero-order valence-electron chi connectivity index (χ0n) is 26.5. The van der Waals surface area contributed by atoms with Crippen LogP contribution in [0.3, 0.4) is 0 Å². The van der Waals surface area contributed by atoms with Crippen LogP contribution in [0.15, 0.2) is 103 Å². The summed E-state index contributed by atoms with van der Waals surface area (Å²) in [6.45, 7) is 7.54. The molecule has 0 heterocycles. The number of esters is 1. The van der Waals surface area contributed by atoms with Gasteiger partial charge in [-0.1, -0.05) is 98.3 Å². The average molecular weight is 607 g/mol. The number of amides is 1. The summed E-state index contributed by atoms with van der Waals surface area (Å²) in [6, 6.07) is 31.3. The van der Waals surface area contributed by atoms with Gasteiger partial charge in [-0.3, -0.25) is 9.59 Å². The molecule has 0 saturated carbocycles. The summed E-state index contributed by atoms with van der Waals surface area (Å²) >= 11 is 0. The number of carbonyl (C=O) groups excluding carboxylic acids is 3. The summed E-state index contributed by atoms with van der Waals surface area (Å²) in [5.74, 6) is 0.200. The second-order valence-corrected chi connectivity index (χ2v) is 11.4. The molecule has 1 amide bonds. The highest BCUT2D eigenvalue weighted by Crippen LogP contribution is 2.22. The maximum absolute atomic E-state index is 13.2. The number of nitrogens with zero attached hydrogens (tertiary/aromatic N) is 1. The Labute approximate surface area is 266 Å². The van der Waals surface area contributed by atoms with E-state index in [1.807, 2.05) is 73.3 Å². The minimum absolute atomic E-state index is 0.0793. The van der Waals surface area contributed by atoms with E-state index < -0.39 is 12.0 Å². The minimum Gasteiger partial charge on any atom is -0.494 e. The van der Waals surface area contributed by atoms with Crippen LogP contribution in [-0.4, -0.2) is 48.9 Å². The minimum atomic E-state index is -0.704. The molecule has 0 aliphatic heterocycles. The zero-order chi connectivity index (χ0) is 32.2. The van der Waals surface area contributed by atoms with Crippen LogP contribution in [0, 0.1) is 12.8 Å². The van der Waals surface area contributed by atoms with Crippen molar-refractivity contribution in [2.24, 2.45) is 5.92 Å². The van der Waals surface area contributed by atoms with Crippen LogP contribution in [-0.2, 0) is 27.3 Å². The molecule has 1 atom stereocenters. The molecule has 0 fully saturated rings. The predicted molar refractivity (Wildman–Crippen MR) is 177 cm³/mol. The number of hydrogen-bond donors (Lipinski definition) is 1. The van der Waals surface area contributed by atoms with Crippen LogP contribution in [0.4, 0.5) is 5.69 Å². The van der Waals surface area contributed by atoms with Crippen molar-refractivity contribution in [2.75, 3.05) is 25.6 Å². The van der Waals surface area contributed by atoms with Crippen LogP contribution in [0.25, 0.3) is 0 Å². The standard InChI is InChI=1S/C38H42N2O5/c1-27(2)37(42)40(26-30-13-10-12-28(3)24-30)22-11-23-45-32-20-18-29(19-21-32)25-35(38(43)44-4)39-34-17-9-8-16-33(34)36(41)31-14-6-5-7-15-31/h5-10,12-21,24,27,35,39H,11,22-23,25-26H2,1-4H3/t35-/m0/s1. The number of anilines is 1. The lowest BCUT2D eigenvalue weighted by Gasteiger charge is -2.25. The van der Waals surface area contributed by atoms with Gasteiger partial charge in [-0.2, -0.15) is 0 Å². The molecule has 45 heavy (non-hydrogen) atoms. The monoisotopic (exact) mass is 606 g/mol. The first-order valence-electron chi connectivity index (χ1n) is 15.3. The highest BCUT2D eigenvalue weighted by atomic mass is 16.5. The van der Waals surface area contributed by atoms with Crippen molar-refractivity contribution in [3.63, 3.8) is 0 Å². The van der Waals surface area contributed by atoms with Gasteiger partial charge in [-0.25, -0.2) is 4.79 Å². The van der Waals surface area contributed by atoms with Crippen molar-refractivity contribution in [3.8, 4) is 5.75 Å². The Morgan fingerprint density at radius 1 is 0.822 bits per heavy atom. The van der Waals surface area contributed by atoms with Crippen LogP contribution >= 0.6 is 0 Å². The predicted octanol–water partition coefficient (Wildman–Crippen LogP) is 6.88. The summed E-state index contributed by atoms with van der Waals surface area (Å²) in [6.07, 6.45) is 1.05. The van der Waals surface area contributed by atoms with Crippen molar-refractivity contribution in [1.82, 2.24) is 4.90 Å². The third-order valence-electron chi connectivity index (χ3n) is 7.49. The fourth-order valence-electron chi connectivity index (χ4n) is 5.14. The molecule has 4 aromatic rings. The Morgan fingerprint density at radius 2 is 1.53 bits per heavy atom. The molecule has 0 saturated heterocycles. The summed E-state index contributed by atoms with van der Waals surface area (Å²) in [4.78, 5) is 40.7. The molecule has 0 aromatic heterocycles. The lowest BCUT2D eigenvalue weighted by atomic mass is 10.00. The maximum Gasteiger partial charge on any atom is 0.328 e. The third kappa shape index (κ3) is 9.54. The van der Waals surface area contributed by atoms with Crippen molar-refractivity contribution in [3.05, 3.63) is 131 Å². The highest BCUT2D eigenvalue weighted by molar-refractivity contribution is 6.12. The maximum atomic E-state index is 13.2. The van der Waals surface area contributed by atoms with Crippen molar-refractivity contribution in [1.29, 1.82) is 0 Å². The molecule has 0 aliphatic rings. The molecule has 0 aliphatic carbocycles. The Bertz CT molecular complexity index is 1570. The van der Waals surface area contributed by atoms with Gasteiger partial charge < -0.3 is 19.7 Å². The van der Waals surface area contributed by atoms with Gasteiger partial charge in [0.05, 0.1) is 13.7 Å². The number of ether oxygens (including phenoxy) is 2. The largest absolute Gasteiger partial charge is 0.494 e. The molecule has 0 unspecified atom stereocenters. The fraction of sp³-hybridized carbons (Fsp3) is 0.289. The second-order valence-electron chi connectivity index (χ2n) is 11.4. The van der Waals surface area contributed by atoms with Gasteiger partial charge in [-0.15, -0.1) is 0 Å². The molecule has 0 bridgehead atoms. The quantitative estimate of drug-likeness (QED) is 0.0903. The SMILES string of the molecule is COC(=O)[C@H](Cc1ccc(OCCCN(Cc2cccc(C)c2)C(=O)C(C)C)cc1)Nc1ccccc1C(=O)c1ccccc1. The van der Waals surface area contributed by atoms with E-state index in [1.54, 1.807) is 30.3 Å². The van der Waals surface area contributed by atoms with E-state index >= 15 is 0 Å². The molecule has 4 rings (SSSR count). The number of carbonyl (C=O) groups is 3. The Kier molecular flexibility index (Phi) is 11.9. The van der Waals surface area contributed by atoms with E-state index in [-0.39, 0.29) is 17.6 Å². The van der Waals surface area contributed by atoms with E-state index in [2.05, 4.69) is 30.4 Å². The summed E-state index contributed by atoms with van der Waals surface area (Å²) in [7, 11) is 1.35. The number of aryl methyl sites for hydroxylation is 1. The first-order chi connectivity index (χ1) is 21.7. The Hall–Kier alpha value is -4.91. The lowest BCUT2D eigenvalue weighted by molar-refractivity contribution is -0.141. The van der Waals surface area contributed by atoms with Crippen LogP contribution in [0.2, 0.25) is 0 Å². The van der Waals surface area contributed by atoms with Crippen molar-refractivity contribution < 1.29 is 23.9 Å². The summed E-state index contributed by atoms with van der Waals surface area (Å²) in [5, 5.41) is 3.24. The van der Waals surface area contributed by atoms with Crippen molar-refractivity contribution >= 4 is 23.3 Å². The number of para-hydroxylation sites is 1. The third-order valence-corrected chi connectivity index (χ3v) is 7.49. The lowest BCUT2D eigenvalue weighted by Crippen LogP contribution is -2.35. The van der Waals surface area contributed by atoms with Gasteiger partial charge in [0.1, 0.15) is 11.8 Å². The number of rotatable bonds is 15. The molecule has 0 radical (unpaired) electrons. The Balaban J connectivity index is 1.35. The zero-order valence-corrected chi connectivity index (χ0v) is 26.5. The van der Waals surface area contributed by atoms with Crippen molar-refractivity contribution in [2.45, 2.75) is 46.2 Å². The average Bonchev–Trinajstić information content (AvgIpc) is 3.06. The van der Waals surface area contributed by atoms with E-state index in [4.69, 9.17) is 9.47 Å². The molecule has 7 heteroatoms. The first-order valence-corrected chi connectivity index (χ1v) is 15.3. The first kappa shape index (κ1) is 33.0. The molecule has 1 N–H and O–H groups in total. The number of ketones is 1. The fourth-order valence-corrected chi connectivity index (χ4v) is 5.14. The number of methoxy groups -OCH3 is 1. The highest BCUT2D eigenvalue weighted by Gasteiger charge is 2.23. The van der Waals surface area contributed by atoms with Gasteiger partial charge in [-0.05, 0) is 48.7 Å². The topological polar surface area (TPSA) is 84.9 Å². The van der Waals surface area contributed by atoms with Gasteiger partial charge in [0, 0.05) is 42.2 Å². The molecule has 234 valence electrons. The van der Waals surface area contributed by atoms with Gasteiger partial charge >= 0.3 is 5.97 Å². The summed E-state index contributed by atoms with van der Waals surface area (Å²) in [5.41, 5.74) is 4.81. The van der Waals surface area contributed by atoms with Crippen LogP contribution in [0.5, 0.6) is 5.75 Å². The van der Waals surface area contributed by atoms with E-state index in [0.717, 1.165) is 11.1 Å². The smallest absolute Gasteiger partial charge is 0.328 e. The van der Waals surface area contributed by atoms with Crippen LogP contribution < -0.4 is 10.1 Å². The Morgan fingerprint density at radius 3 is 2.22 bits per heavy atom. The number of benzene rings is 4.